The lowest BCUT2D eigenvalue weighted by atomic mass is 9.65. The molecular weight excluding hydrogens is 443 g/mol. The summed E-state index contributed by atoms with van der Waals surface area (Å²) < 4.78 is 11.2. The van der Waals surface area contributed by atoms with Crippen molar-refractivity contribution in [2.75, 3.05) is 59.7 Å². The van der Waals surface area contributed by atoms with Gasteiger partial charge in [0.1, 0.15) is 0 Å². The summed E-state index contributed by atoms with van der Waals surface area (Å²) in [4.78, 5) is 9.56. The van der Waals surface area contributed by atoms with Crippen molar-refractivity contribution in [3.05, 3.63) is 0 Å². The molecule has 0 radical (unpaired) electrons. The molecule has 2 unspecified atom stereocenters. The number of hydrogen-bond donors (Lipinski definition) is 1. The lowest BCUT2D eigenvalue weighted by molar-refractivity contribution is -0.0672. The molecule has 3 saturated heterocycles. The number of likely N-dealkylation sites (tertiary alicyclic amines) is 1. The van der Waals surface area contributed by atoms with Gasteiger partial charge in [0.25, 0.3) is 0 Å². The molecule has 0 aromatic rings. The standard InChI is InChI=1S/C19H36N4O2.HI/c1-18(2)14-23(19(18,3)4)17(20-5)21-12-16(15-6-9-25-13-15)22-7-10-24-11-8-22;/h15-16H,6-14H2,1-5H3,(H,20,21);1H. The minimum absolute atomic E-state index is 0. The van der Waals surface area contributed by atoms with Gasteiger partial charge in [-0.3, -0.25) is 9.89 Å². The Labute approximate surface area is 176 Å². The molecular formula is C19H37IN4O2. The maximum absolute atomic E-state index is 5.68. The Kier molecular flexibility index (Phi) is 7.61. The van der Waals surface area contributed by atoms with E-state index in [9.17, 15) is 0 Å². The lowest BCUT2D eigenvalue weighted by Gasteiger charge is -2.62. The molecule has 0 spiro atoms. The number of halogens is 1. The highest BCUT2D eigenvalue weighted by molar-refractivity contribution is 14.0. The zero-order valence-electron chi connectivity index (χ0n) is 17.1. The quantitative estimate of drug-likeness (QED) is 0.379. The molecule has 0 aliphatic carbocycles. The number of hydrogen-bond acceptors (Lipinski definition) is 4. The van der Waals surface area contributed by atoms with Crippen LogP contribution in [0.3, 0.4) is 0 Å². The molecule has 0 aromatic carbocycles. The average molecular weight is 480 g/mol. The van der Waals surface area contributed by atoms with E-state index in [4.69, 9.17) is 9.47 Å². The Morgan fingerprint density at radius 3 is 2.35 bits per heavy atom. The molecule has 3 fully saturated rings. The van der Waals surface area contributed by atoms with Crippen LogP contribution in [0.15, 0.2) is 4.99 Å². The van der Waals surface area contributed by atoms with Crippen LogP contribution in [0.4, 0.5) is 0 Å². The smallest absolute Gasteiger partial charge is 0.194 e. The van der Waals surface area contributed by atoms with E-state index >= 15 is 0 Å². The van der Waals surface area contributed by atoms with Crippen molar-refractivity contribution in [1.82, 2.24) is 15.1 Å². The van der Waals surface area contributed by atoms with Crippen molar-refractivity contribution < 1.29 is 9.47 Å². The van der Waals surface area contributed by atoms with E-state index in [0.717, 1.165) is 65.0 Å². The van der Waals surface area contributed by atoms with E-state index in [0.29, 0.717) is 17.4 Å². The second-order valence-electron chi connectivity index (χ2n) is 8.80. The summed E-state index contributed by atoms with van der Waals surface area (Å²) in [6.07, 6.45) is 1.16. The Bertz CT molecular complexity index is 486. The van der Waals surface area contributed by atoms with Crippen LogP contribution < -0.4 is 5.32 Å². The zero-order valence-corrected chi connectivity index (χ0v) is 19.4. The molecule has 0 aromatic heterocycles. The van der Waals surface area contributed by atoms with E-state index in [1.807, 2.05) is 7.05 Å². The van der Waals surface area contributed by atoms with Crippen LogP contribution in [-0.2, 0) is 9.47 Å². The topological polar surface area (TPSA) is 49.3 Å². The van der Waals surface area contributed by atoms with E-state index in [-0.39, 0.29) is 29.5 Å². The number of nitrogens with one attached hydrogen (secondary N) is 1. The minimum Gasteiger partial charge on any atom is -0.381 e. The van der Waals surface area contributed by atoms with Crippen molar-refractivity contribution in [3.63, 3.8) is 0 Å². The first-order chi connectivity index (χ1) is 11.9. The second-order valence-corrected chi connectivity index (χ2v) is 8.80. The van der Waals surface area contributed by atoms with Crippen molar-refractivity contribution in [3.8, 4) is 0 Å². The molecule has 6 nitrogen and oxygen atoms in total. The van der Waals surface area contributed by atoms with Gasteiger partial charge in [0.15, 0.2) is 5.96 Å². The summed E-state index contributed by atoms with van der Waals surface area (Å²) >= 11 is 0. The fourth-order valence-electron chi connectivity index (χ4n) is 4.25. The van der Waals surface area contributed by atoms with Gasteiger partial charge in [-0.25, -0.2) is 0 Å². The van der Waals surface area contributed by atoms with E-state index in [1.54, 1.807) is 0 Å². The van der Waals surface area contributed by atoms with Crippen LogP contribution in [0, 0.1) is 11.3 Å². The number of ether oxygens (including phenoxy) is 2. The van der Waals surface area contributed by atoms with Gasteiger partial charge in [-0.05, 0) is 20.3 Å². The highest BCUT2D eigenvalue weighted by Gasteiger charge is 2.53. The van der Waals surface area contributed by atoms with E-state index in [2.05, 4.69) is 47.8 Å². The number of morpholine rings is 1. The predicted molar refractivity (Wildman–Crippen MR) is 116 cm³/mol. The van der Waals surface area contributed by atoms with Crippen LogP contribution in [0.1, 0.15) is 34.1 Å². The fraction of sp³-hybridized carbons (Fsp3) is 0.947. The molecule has 0 bridgehead atoms. The van der Waals surface area contributed by atoms with E-state index in [1.165, 1.54) is 0 Å². The molecule has 1 N–H and O–H groups in total. The van der Waals surface area contributed by atoms with Gasteiger partial charge in [-0.15, -0.1) is 24.0 Å². The summed E-state index contributed by atoms with van der Waals surface area (Å²) in [6.45, 7) is 16.8. The highest BCUT2D eigenvalue weighted by atomic mass is 127. The third kappa shape index (κ3) is 4.31. The Morgan fingerprint density at radius 2 is 1.85 bits per heavy atom. The number of rotatable bonds is 4. The SMILES string of the molecule is CN=C(NCC(C1CCOC1)N1CCOCC1)N1CC(C)(C)C1(C)C.I. The van der Waals surface area contributed by atoms with Crippen molar-refractivity contribution in [2.45, 2.75) is 45.7 Å². The van der Waals surface area contributed by atoms with Crippen LogP contribution in [-0.4, -0.2) is 87.0 Å². The molecule has 7 heteroatoms. The van der Waals surface area contributed by atoms with Gasteiger partial charge in [-0.1, -0.05) is 13.8 Å². The van der Waals surface area contributed by atoms with Gasteiger partial charge in [0, 0.05) is 62.7 Å². The molecule has 3 heterocycles. The third-order valence-electron chi connectivity index (χ3n) is 6.84. The monoisotopic (exact) mass is 480 g/mol. The molecule has 0 amide bonds. The summed E-state index contributed by atoms with van der Waals surface area (Å²) in [7, 11) is 1.89. The summed E-state index contributed by atoms with van der Waals surface area (Å²) in [5.41, 5.74) is 0.438. The molecule has 3 aliphatic heterocycles. The zero-order chi connectivity index (χ0) is 18.1. The average Bonchev–Trinajstić information content (AvgIpc) is 3.12. The van der Waals surface area contributed by atoms with Gasteiger partial charge in [0.2, 0.25) is 0 Å². The minimum atomic E-state index is 0. The Morgan fingerprint density at radius 1 is 1.15 bits per heavy atom. The van der Waals surface area contributed by atoms with Crippen molar-refractivity contribution >= 4 is 29.9 Å². The Hall–Kier alpha value is -0.120. The van der Waals surface area contributed by atoms with Crippen LogP contribution in [0.5, 0.6) is 0 Å². The summed E-state index contributed by atoms with van der Waals surface area (Å²) in [5, 5.41) is 3.68. The summed E-state index contributed by atoms with van der Waals surface area (Å²) in [5.74, 6) is 1.63. The van der Waals surface area contributed by atoms with Crippen LogP contribution in [0.2, 0.25) is 0 Å². The van der Waals surface area contributed by atoms with Crippen LogP contribution >= 0.6 is 24.0 Å². The van der Waals surface area contributed by atoms with Gasteiger partial charge < -0.3 is 19.7 Å². The largest absolute Gasteiger partial charge is 0.381 e. The fourth-order valence-corrected chi connectivity index (χ4v) is 4.25. The van der Waals surface area contributed by atoms with Gasteiger partial charge >= 0.3 is 0 Å². The maximum atomic E-state index is 5.68. The van der Waals surface area contributed by atoms with Gasteiger partial charge in [-0.2, -0.15) is 0 Å². The molecule has 26 heavy (non-hydrogen) atoms. The molecule has 3 rings (SSSR count). The number of aliphatic imine (C=N–C) groups is 1. The van der Waals surface area contributed by atoms with E-state index < -0.39 is 0 Å². The number of guanidine groups is 1. The molecule has 2 atom stereocenters. The first kappa shape index (κ1) is 22.2. The first-order valence-corrected chi connectivity index (χ1v) is 9.74. The van der Waals surface area contributed by atoms with Gasteiger partial charge in [0.05, 0.1) is 19.8 Å². The normalized spacial score (nSPS) is 29.7. The molecule has 0 saturated carbocycles. The van der Waals surface area contributed by atoms with Crippen LogP contribution in [0.25, 0.3) is 0 Å². The third-order valence-corrected chi connectivity index (χ3v) is 6.84. The Balaban J connectivity index is 0.00000243. The van der Waals surface area contributed by atoms with Crippen molar-refractivity contribution in [2.24, 2.45) is 16.3 Å². The maximum Gasteiger partial charge on any atom is 0.194 e. The van der Waals surface area contributed by atoms with Crippen molar-refractivity contribution in [1.29, 1.82) is 0 Å². The predicted octanol–water partition coefficient (Wildman–Crippen LogP) is 2.04. The lowest BCUT2D eigenvalue weighted by Crippen LogP contribution is -2.73. The molecule has 152 valence electrons. The summed E-state index contributed by atoms with van der Waals surface area (Å²) in [6, 6.07) is 0.487. The number of nitrogens with zero attached hydrogens (tertiary/aromatic N) is 3. The highest BCUT2D eigenvalue weighted by Crippen LogP contribution is 2.46. The second kappa shape index (κ2) is 8.92. The first-order valence-electron chi connectivity index (χ1n) is 9.74. The molecule has 3 aliphatic rings.